The Morgan fingerprint density at radius 1 is 1.25 bits per heavy atom. The molecule has 28 heavy (non-hydrogen) atoms. The second-order valence-electron chi connectivity index (χ2n) is 7.37. The third kappa shape index (κ3) is 6.09. The van der Waals surface area contributed by atoms with Crippen molar-refractivity contribution >= 4 is 5.96 Å². The van der Waals surface area contributed by atoms with E-state index in [1.54, 1.807) is 6.26 Å². The average molecular weight is 384 g/mol. The molecule has 6 nitrogen and oxygen atoms in total. The summed E-state index contributed by atoms with van der Waals surface area (Å²) in [5.41, 5.74) is 1.81. The van der Waals surface area contributed by atoms with E-state index < -0.39 is 0 Å². The van der Waals surface area contributed by atoms with Gasteiger partial charge in [-0.25, -0.2) is 9.98 Å². The van der Waals surface area contributed by atoms with E-state index in [9.17, 15) is 0 Å². The van der Waals surface area contributed by atoms with Gasteiger partial charge in [0.05, 0.1) is 6.54 Å². The van der Waals surface area contributed by atoms with Crippen LogP contribution in [0.3, 0.4) is 0 Å². The van der Waals surface area contributed by atoms with Gasteiger partial charge >= 0.3 is 0 Å². The number of nitrogens with zero attached hydrogens (tertiary/aromatic N) is 3. The van der Waals surface area contributed by atoms with Gasteiger partial charge in [-0.2, -0.15) is 0 Å². The molecule has 0 saturated carbocycles. The molecule has 0 radical (unpaired) electrons. The van der Waals surface area contributed by atoms with Crippen molar-refractivity contribution < 1.29 is 4.42 Å². The first-order valence-electron chi connectivity index (χ1n) is 10.5. The summed E-state index contributed by atoms with van der Waals surface area (Å²) in [6.07, 6.45) is 6.86. The Balaban J connectivity index is 1.46. The van der Waals surface area contributed by atoms with Crippen LogP contribution in [0, 0.1) is 0 Å². The van der Waals surface area contributed by atoms with Crippen molar-refractivity contribution in [1.29, 1.82) is 0 Å². The van der Waals surface area contributed by atoms with Crippen LogP contribution in [0.1, 0.15) is 45.2 Å². The van der Waals surface area contributed by atoms with Crippen molar-refractivity contribution in [2.24, 2.45) is 4.99 Å². The van der Waals surface area contributed by atoms with Crippen LogP contribution in [0.5, 0.6) is 0 Å². The van der Waals surface area contributed by atoms with Gasteiger partial charge in [0.1, 0.15) is 12.0 Å². The topological polar surface area (TPSA) is 65.7 Å². The van der Waals surface area contributed by atoms with Crippen LogP contribution in [0.25, 0.3) is 11.5 Å². The second kappa shape index (κ2) is 10.9. The molecule has 1 aliphatic heterocycles. The molecule has 2 aromatic rings. The molecule has 0 spiro atoms. The quantitative estimate of drug-likeness (QED) is 0.414. The Kier molecular flexibility index (Phi) is 7.91. The monoisotopic (exact) mass is 383 g/mol. The lowest BCUT2D eigenvalue weighted by molar-refractivity contribution is 0.159. The summed E-state index contributed by atoms with van der Waals surface area (Å²) < 4.78 is 5.59. The third-order valence-corrected chi connectivity index (χ3v) is 5.17. The molecule has 6 heteroatoms. The minimum absolute atomic E-state index is 0.495. The van der Waals surface area contributed by atoms with Crippen molar-refractivity contribution in [3.8, 4) is 11.5 Å². The van der Waals surface area contributed by atoms with E-state index >= 15 is 0 Å². The molecule has 3 rings (SSSR count). The largest absolute Gasteiger partial charge is 0.444 e. The van der Waals surface area contributed by atoms with Crippen molar-refractivity contribution in [2.75, 3.05) is 26.2 Å². The van der Waals surface area contributed by atoms with Gasteiger partial charge in [0.25, 0.3) is 0 Å². The van der Waals surface area contributed by atoms with Crippen molar-refractivity contribution in [2.45, 2.75) is 52.1 Å². The van der Waals surface area contributed by atoms with Crippen molar-refractivity contribution in [1.82, 2.24) is 20.5 Å². The molecule has 1 fully saturated rings. The number of oxazole rings is 1. The zero-order valence-corrected chi connectivity index (χ0v) is 17.2. The molecule has 2 N–H and O–H groups in total. The molecule has 2 heterocycles. The van der Waals surface area contributed by atoms with Gasteiger partial charge in [-0.05, 0) is 51.8 Å². The van der Waals surface area contributed by atoms with Crippen molar-refractivity contribution in [3.05, 3.63) is 42.3 Å². The summed E-state index contributed by atoms with van der Waals surface area (Å²) in [6.45, 7) is 9.07. The highest BCUT2D eigenvalue weighted by Gasteiger charge is 2.17. The first-order valence-corrected chi connectivity index (χ1v) is 10.5. The first kappa shape index (κ1) is 20.4. The van der Waals surface area contributed by atoms with Gasteiger partial charge in [0, 0.05) is 31.2 Å². The molecule has 1 atom stereocenters. The van der Waals surface area contributed by atoms with Gasteiger partial charge < -0.3 is 20.0 Å². The summed E-state index contributed by atoms with van der Waals surface area (Å²) >= 11 is 0. The number of nitrogens with one attached hydrogen (secondary N) is 2. The predicted molar refractivity (Wildman–Crippen MR) is 114 cm³/mol. The molecular formula is C22H33N5O. The van der Waals surface area contributed by atoms with Crippen LogP contribution in [0.15, 0.2) is 46.0 Å². The van der Waals surface area contributed by atoms with E-state index in [2.05, 4.69) is 39.4 Å². The Morgan fingerprint density at radius 3 is 2.89 bits per heavy atom. The lowest BCUT2D eigenvalue weighted by Crippen LogP contribution is -2.41. The van der Waals surface area contributed by atoms with Crippen LogP contribution in [0.2, 0.25) is 0 Å². The number of hydrogen-bond donors (Lipinski definition) is 2. The van der Waals surface area contributed by atoms with E-state index in [1.807, 2.05) is 30.3 Å². The van der Waals surface area contributed by atoms with Gasteiger partial charge in [0.15, 0.2) is 5.96 Å². The van der Waals surface area contributed by atoms with E-state index in [0.717, 1.165) is 49.3 Å². The van der Waals surface area contributed by atoms with Crippen LogP contribution < -0.4 is 10.6 Å². The number of guanidine groups is 1. The Hall–Kier alpha value is -2.34. The molecule has 152 valence electrons. The Labute approximate surface area is 168 Å². The maximum Gasteiger partial charge on any atom is 0.226 e. The highest BCUT2D eigenvalue weighted by atomic mass is 16.3. The number of likely N-dealkylation sites (tertiary alicyclic amines) is 1. The molecule has 1 aromatic heterocycles. The fourth-order valence-corrected chi connectivity index (χ4v) is 3.57. The van der Waals surface area contributed by atoms with Crippen LogP contribution in [-0.2, 0) is 6.54 Å². The maximum absolute atomic E-state index is 5.59. The molecular weight excluding hydrogens is 350 g/mol. The minimum atomic E-state index is 0.495. The van der Waals surface area contributed by atoms with Gasteiger partial charge in [-0.1, -0.05) is 24.6 Å². The number of aliphatic imine (C=N–C) groups is 1. The minimum Gasteiger partial charge on any atom is -0.444 e. The fourth-order valence-electron chi connectivity index (χ4n) is 3.57. The average Bonchev–Trinajstić information content (AvgIpc) is 3.20. The molecule has 1 unspecified atom stereocenters. The molecule has 0 aliphatic carbocycles. The van der Waals surface area contributed by atoms with E-state index in [4.69, 9.17) is 4.42 Å². The molecule has 1 saturated heterocycles. The van der Waals surface area contributed by atoms with E-state index in [1.165, 1.54) is 25.8 Å². The standard InChI is InChI=1S/C22H33N5O/c1-3-23-22(24-13-9-15-27-14-8-7-10-18(27)2)25-16-20-17-28-21(26-20)19-11-5-4-6-12-19/h4-6,11-12,17-18H,3,7-10,13-16H2,1-2H3,(H2,23,24,25). The normalized spacial score (nSPS) is 18.2. The fraction of sp³-hybridized carbons (Fsp3) is 0.545. The van der Waals surface area contributed by atoms with Crippen LogP contribution in [0.4, 0.5) is 0 Å². The Bertz CT molecular complexity index is 728. The molecule has 1 aromatic carbocycles. The number of rotatable bonds is 8. The smallest absolute Gasteiger partial charge is 0.226 e. The summed E-state index contributed by atoms with van der Waals surface area (Å²) in [5, 5.41) is 6.74. The third-order valence-electron chi connectivity index (χ3n) is 5.17. The number of aromatic nitrogens is 1. The van der Waals surface area contributed by atoms with Crippen molar-refractivity contribution in [3.63, 3.8) is 0 Å². The van der Waals surface area contributed by atoms with Gasteiger partial charge in [-0.15, -0.1) is 0 Å². The molecule has 0 bridgehead atoms. The zero-order chi connectivity index (χ0) is 19.6. The van der Waals surface area contributed by atoms with Gasteiger partial charge in [0.2, 0.25) is 5.89 Å². The summed E-state index contributed by atoms with van der Waals surface area (Å²) in [4.78, 5) is 11.8. The number of hydrogen-bond acceptors (Lipinski definition) is 4. The van der Waals surface area contributed by atoms with E-state index in [0.29, 0.717) is 12.4 Å². The summed E-state index contributed by atoms with van der Waals surface area (Å²) in [7, 11) is 0. The lowest BCUT2D eigenvalue weighted by atomic mass is 10.0. The number of piperidine rings is 1. The van der Waals surface area contributed by atoms with Crippen LogP contribution in [-0.4, -0.2) is 48.1 Å². The second-order valence-corrected chi connectivity index (χ2v) is 7.37. The number of benzene rings is 1. The lowest BCUT2D eigenvalue weighted by Gasteiger charge is -2.33. The first-order chi connectivity index (χ1) is 13.8. The highest BCUT2D eigenvalue weighted by molar-refractivity contribution is 5.79. The zero-order valence-electron chi connectivity index (χ0n) is 17.2. The summed E-state index contributed by atoms with van der Waals surface area (Å²) in [5.74, 6) is 1.47. The highest BCUT2D eigenvalue weighted by Crippen LogP contribution is 2.18. The SMILES string of the molecule is CCNC(=NCc1coc(-c2ccccc2)n1)NCCCN1CCCCC1C. The predicted octanol–water partition coefficient (Wildman–Crippen LogP) is 3.66. The maximum atomic E-state index is 5.59. The summed E-state index contributed by atoms with van der Waals surface area (Å²) in [6, 6.07) is 10.7. The molecule has 1 aliphatic rings. The van der Waals surface area contributed by atoms with E-state index in [-0.39, 0.29) is 0 Å². The molecule has 0 amide bonds. The Morgan fingerprint density at radius 2 is 2.11 bits per heavy atom. The van der Waals surface area contributed by atoms with Crippen LogP contribution >= 0.6 is 0 Å². The van der Waals surface area contributed by atoms with Gasteiger partial charge in [-0.3, -0.25) is 0 Å².